The number of carbonyl (C=O) groups excluding carboxylic acids is 1. The van der Waals surface area contributed by atoms with E-state index in [2.05, 4.69) is 11.1 Å². The molecule has 7 nitrogen and oxygen atoms in total. The largest absolute Gasteiger partial charge is 0.489 e. The number of nitriles is 1. The maximum atomic E-state index is 13.8. The van der Waals surface area contributed by atoms with Crippen molar-refractivity contribution >= 4 is 35.0 Å². The van der Waals surface area contributed by atoms with Gasteiger partial charge in [0, 0.05) is 5.02 Å². The molecule has 4 aromatic rings. The fourth-order valence-electron chi connectivity index (χ4n) is 4.47. The second-order valence-corrected chi connectivity index (χ2v) is 10.4. The smallest absolute Gasteiger partial charge is 0.338 e. The van der Waals surface area contributed by atoms with E-state index in [0.717, 1.165) is 11.1 Å². The number of halogens is 1. The van der Waals surface area contributed by atoms with E-state index in [0.29, 0.717) is 43.5 Å². The summed E-state index contributed by atoms with van der Waals surface area (Å²) in [6.45, 7) is 4.00. The van der Waals surface area contributed by atoms with Crippen LogP contribution in [0.3, 0.4) is 0 Å². The van der Waals surface area contributed by atoms with Crippen molar-refractivity contribution in [2.45, 2.75) is 26.5 Å². The van der Waals surface area contributed by atoms with E-state index in [4.69, 9.17) is 26.3 Å². The van der Waals surface area contributed by atoms with Gasteiger partial charge in [-0.25, -0.2) is 9.79 Å². The zero-order valence-electron chi connectivity index (χ0n) is 21.8. The fourth-order valence-corrected chi connectivity index (χ4v) is 5.76. The lowest BCUT2D eigenvalue weighted by molar-refractivity contribution is -0.139. The molecule has 0 amide bonds. The first-order valence-corrected chi connectivity index (χ1v) is 13.7. The standard InChI is InChI=1S/C31H24ClN3O4S/c1-3-38-30(37)27-19(2)34-31-35(28(27)24-9-4-5-10-25(24)32)29(36)26(40-31)16-22-7-6-8-23(15-22)39-18-21-13-11-20(17-33)12-14-21/h4-16,28H,3,18H2,1-2H3/b26-16-/t28-/m1/s1. The number of thiazole rings is 1. The summed E-state index contributed by atoms with van der Waals surface area (Å²) >= 11 is 7.80. The molecule has 5 rings (SSSR count). The summed E-state index contributed by atoms with van der Waals surface area (Å²) in [4.78, 5) is 31.9. The molecule has 0 aliphatic carbocycles. The highest BCUT2D eigenvalue weighted by Gasteiger charge is 2.34. The van der Waals surface area contributed by atoms with Gasteiger partial charge in [0.05, 0.1) is 34.0 Å². The van der Waals surface area contributed by atoms with Gasteiger partial charge in [0.25, 0.3) is 5.56 Å². The summed E-state index contributed by atoms with van der Waals surface area (Å²) in [7, 11) is 0. The Bertz CT molecular complexity index is 1850. The Hall–Kier alpha value is -4.45. The molecule has 0 N–H and O–H groups in total. The van der Waals surface area contributed by atoms with Crippen molar-refractivity contribution < 1.29 is 14.3 Å². The van der Waals surface area contributed by atoms with E-state index in [1.54, 1.807) is 50.3 Å². The van der Waals surface area contributed by atoms with E-state index in [9.17, 15) is 9.59 Å². The third kappa shape index (κ3) is 5.48. The van der Waals surface area contributed by atoms with Crippen molar-refractivity contribution in [1.29, 1.82) is 5.26 Å². The summed E-state index contributed by atoms with van der Waals surface area (Å²) in [5, 5.41) is 9.41. The van der Waals surface area contributed by atoms with Gasteiger partial charge in [-0.1, -0.05) is 65.4 Å². The van der Waals surface area contributed by atoms with Gasteiger partial charge in [-0.2, -0.15) is 5.26 Å². The number of nitrogens with zero attached hydrogens (tertiary/aromatic N) is 3. The quantitative estimate of drug-likeness (QED) is 0.295. The molecule has 40 heavy (non-hydrogen) atoms. The predicted molar refractivity (Wildman–Crippen MR) is 154 cm³/mol. The Labute approximate surface area is 239 Å². The molecule has 0 spiro atoms. The number of fused-ring (bicyclic) bond motifs is 1. The number of hydrogen-bond acceptors (Lipinski definition) is 7. The highest BCUT2D eigenvalue weighted by atomic mass is 35.5. The van der Waals surface area contributed by atoms with Crippen molar-refractivity contribution in [3.05, 3.63) is 131 Å². The topological polar surface area (TPSA) is 93.7 Å². The van der Waals surface area contributed by atoms with Crippen molar-refractivity contribution in [2.24, 2.45) is 4.99 Å². The van der Waals surface area contributed by atoms with Crippen LogP contribution < -0.4 is 19.6 Å². The number of esters is 1. The van der Waals surface area contributed by atoms with Crippen LogP contribution in [0.25, 0.3) is 6.08 Å². The lowest BCUT2D eigenvalue weighted by atomic mass is 9.96. The highest BCUT2D eigenvalue weighted by molar-refractivity contribution is 7.07. The number of ether oxygens (including phenoxy) is 2. The zero-order chi connectivity index (χ0) is 28.2. The monoisotopic (exact) mass is 569 g/mol. The van der Waals surface area contributed by atoms with Gasteiger partial charge in [-0.15, -0.1) is 0 Å². The molecular weight excluding hydrogens is 546 g/mol. The van der Waals surface area contributed by atoms with Gasteiger partial charge >= 0.3 is 5.97 Å². The Balaban J connectivity index is 1.53. The van der Waals surface area contributed by atoms with Crippen molar-refractivity contribution in [3.8, 4) is 11.8 Å². The fraction of sp³-hybridized carbons (Fsp3) is 0.161. The molecule has 200 valence electrons. The van der Waals surface area contributed by atoms with Crippen LogP contribution in [0.15, 0.2) is 93.9 Å². The van der Waals surface area contributed by atoms with E-state index < -0.39 is 12.0 Å². The van der Waals surface area contributed by atoms with Crippen LogP contribution in [-0.2, 0) is 16.1 Å². The first-order valence-electron chi connectivity index (χ1n) is 12.6. The SMILES string of the molecule is CCOC(=O)C1=C(C)N=c2s/c(=C\c3cccc(OCc4ccc(C#N)cc4)c3)c(=O)n2[C@@H]1c1ccccc1Cl. The lowest BCUT2D eigenvalue weighted by Gasteiger charge is -2.25. The second-order valence-electron chi connectivity index (χ2n) is 8.99. The molecule has 0 bridgehead atoms. The van der Waals surface area contributed by atoms with Gasteiger partial charge in [0.1, 0.15) is 18.4 Å². The van der Waals surface area contributed by atoms with Gasteiger partial charge in [-0.05, 0) is 66.9 Å². The minimum atomic E-state index is -0.770. The summed E-state index contributed by atoms with van der Waals surface area (Å²) in [6.07, 6.45) is 1.78. The van der Waals surface area contributed by atoms with Crippen LogP contribution >= 0.6 is 22.9 Å². The molecule has 1 aliphatic rings. The maximum absolute atomic E-state index is 13.8. The molecule has 9 heteroatoms. The third-order valence-corrected chi connectivity index (χ3v) is 7.69. The van der Waals surface area contributed by atoms with Gasteiger partial charge in [-0.3, -0.25) is 9.36 Å². The normalized spacial score (nSPS) is 14.8. The molecule has 0 unspecified atom stereocenters. The summed E-state index contributed by atoms with van der Waals surface area (Å²) in [6, 6.07) is 23.1. The number of carbonyl (C=O) groups is 1. The second kappa shape index (κ2) is 11.7. The van der Waals surface area contributed by atoms with Gasteiger partial charge in [0.15, 0.2) is 4.80 Å². The van der Waals surface area contributed by atoms with Gasteiger partial charge in [0.2, 0.25) is 0 Å². The first kappa shape index (κ1) is 27.1. The van der Waals surface area contributed by atoms with E-state index in [1.165, 1.54) is 15.9 Å². The van der Waals surface area contributed by atoms with E-state index in [1.807, 2.05) is 42.5 Å². The zero-order valence-corrected chi connectivity index (χ0v) is 23.3. The minimum Gasteiger partial charge on any atom is -0.489 e. The Kier molecular flexibility index (Phi) is 7.96. The van der Waals surface area contributed by atoms with Crippen molar-refractivity contribution in [3.63, 3.8) is 0 Å². The van der Waals surface area contributed by atoms with E-state index in [-0.39, 0.29) is 17.7 Å². The van der Waals surface area contributed by atoms with Crippen molar-refractivity contribution in [2.75, 3.05) is 6.61 Å². The van der Waals surface area contributed by atoms with Crippen LogP contribution in [0.4, 0.5) is 0 Å². The summed E-state index contributed by atoms with van der Waals surface area (Å²) < 4.78 is 13.3. The predicted octanol–water partition coefficient (Wildman–Crippen LogP) is 4.90. The van der Waals surface area contributed by atoms with Crippen LogP contribution in [-0.4, -0.2) is 17.1 Å². The molecule has 0 saturated heterocycles. The molecule has 3 aromatic carbocycles. The van der Waals surface area contributed by atoms with Gasteiger partial charge < -0.3 is 9.47 Å². The van der Waals surface area contributed by atoms with Crippen molar-refractivity contribution in [1.82, 2.24) is 4.57 Å². The summed E-state index contributed by atoms with van der Waals surface area (Å²) in [5.74, 6) is 0.107. The molecule has 0 saturated carbocycles. The van der Waals surface area contributed by atoms with Crippen LogP contribution in [0.2, 0.25) is 5.02 Å². The summed E-state index contributed by atoms with van der Waals surface area (Å²) in [5.41, 5.74) is 3.40. The number of benzene rings is 3. The maximum Gasteiger partial charge on any atom is 0.338 e. The molecule has 1 aromatic heterocycles. The van der Waals surface area contributed by atoms with E-state index >= 15 is 0 Å². The van der Waals surface area contributed by atoms with Crippen LogP contribution in [0.5, 0.6) is 5.75 Å². The molecule has 1 aliphatic heterocycles. The minimum absolute atomic E-state index is 0.193. The molecule has 0 fully saturated rings. The number of aromatic nitrogens is 1. The van der Waals surface area contributed by atoms with Crippen LogP contribution in [0.1, 0.15) is 42.1 Å². The molecule has 1 atom stereocenters. The lowest BCUT2D eigenvalue weighted by Crippen LogP contribution is -2.40. The number of hydrogen-bond donors (Lipinski definition) is 0. The average molecular weight is 570 g/mol. The average Bonchev–Trinajstić information content (AvgIpc) is 3.26. The molecule has 0 radical (unpaired) electrons. The van der Waals surface area contributed by atoms with Crippen LogP contribution in [0, 0.1) is 11.3 Å². The molecule has 2 heterocycles. The first-order chi connectivity index (χ1) is 19.4. The number of rotatable bonds is 7. The molecular formula is C31H24ClN3O4S. The number of allylic oxidation sites excluding steroid dienone is 1. The Morgan fingerprint density at radius 2 is 1.93 bits per heavy atom. The highest BCUT2D eigenvalue weighted by Crippen LogP contribution is 2.34. The Morgan fingerprint density at radius 3 is 2.65 bits per heavy atom. The third-order valence-electron chi connectivity index (χ3n) is 6.36. The Morgan fingerprint density at radius 1 is 1.15 bits per heavy atom.